The van der Waals surface area contributed by atoms with E-state index in [9.17, 15) is 9.59 Å². The van der Waals surface area contributed by atoms with E-state index in [1.165, 1.54) is 0 Å². The van der Waals surface area contributed by atoms with Crippen molar-refractivity contribution in [3.05, 3.63) is 65.2 Å². The summed E-state index contributed by atoms with van der Waals surface area (Å²) in [4.78, 5) is 25.5. The van der Waals surface area contributed by atoms with Gasteiger partial charge in [-0.2, -0.15) is 0 Å². The summed E-state index contributed by atoms with van der Waals surface area (Å²) in [6.45, 7) is 4.20. The minimum Gasteiger partial charge on any atom is -0.493 e. The molecule has 0 fully saturated rings. The van der Waals surface area contributed by atoms with Crippen LogP contribution in [0.4, 0.5) is 4.79 Å². The fraction of sp³-hybridized carbons (Fsp3) is 0.273. The monoisotopic (exact) mass is 396 g/mol. The number of nitrogens with one attached hydrogen (secondary N) is 2. The van der Waals surface area contributed by atoms with Crippen LogP contribution >= 0.6 is 0 Å². The highest BCUT2D eigenvalue weighted by Crippen LogP contribution is 2.40. The topological polar surface area (TPSA) is 85.9 Å². The first-order valence-corrected chi connectivity index (χ1v) is 9.44. The Morgan fingerprint density at radius 3 is 2.45 bits per heavy atom. The molecule has 0 spiro atoms. The van der Waals surface area contributed by atoms with E-state index in [0.717, 1.165) is 0 Å². The van der Waals surface area contributed by atoms with E-state index in [0.29, 0.717) is 40.5 Å². The Kier molecular flexibility index (Phi) is 6.39. The average molecular weight is 396 g/mol. The molecular formula is C22H24N2O5. The van der Waals surface area contributed by atoms with Crippen LogP contribution in [0.15, 0.2) is 54.1 Å². The Morgan fingerprint density at radius 2 is 1.79 bits per heavy atom. The highest BCUT2D eigenvalue weighted by molar-refractivity contribution is 6.04. The van der Waals surface area contributed by atoms with Gasteiger partial charge in [-0.25, -0.2) is 9.59 Å². The molecule has 0 saturated heterocycles. The van der Waals surface area contributed by atoms with Gasteiger partial charge in [-0.15, -0.1) is 0 Å². The van der Waals surface area contributed by atoms with Gasteiger partial charge >= 0.3 is 12.0 Å². The maximum absolute atomic E-state index is 13.0. The first-order valence-electron chi connectivity index (χ1n) is 9.44. The fourth-order valence-electron chi connectivity index (χ4n) is 3.28. The second kappa shape index (κ2) is 9.14. The molecule has 1 atom stereocenters. The van der Waals surface area contributed by atoms with Gasteiger partial charge in [-0.3, -0.25) is 0 Å². The molecule has 2 N–H and O–H groups in total. The number of amides is 2. The maximum atomic E-state index is 13.0. The van der Waals surface area contributed by atoms with Crippen LogP contribution < -0.4 is 20.1 Å². The largest absolute Gasteiger partial charge is 0.493 e. The second-order valence-corrected chi connectivity index (χ2v) is 6.22. The molecule has 2 aromatic carbocycles. The van der Waals surface area contributed by atoms with Crippen LogP contribution in [0.3, 0.4) is 0 Å². The third-order valence-electron chi connectivity index (χ3n) is 4.46. The summed E-state index contributed by atoms with van der Waals surface area (Å²) in [6, 6.07) is 13.4. The van der Waals surface area contributed by atoms with Gasteiger partial charge in [0.15, 0.2) is 11.5 Å². The summed E-state index contributed by atoms with van der Waals surface area (Å²) in [5.74, 6) is 0.467. The number of carbonyl (C=O) groups excluding carboxylic acids is 2. The van der Waals surface area contributed by atoms with E-state index in [2.05, 4.69) is 10.6 Å². The molecule has 0 bridgehead atoms. The number of carbonyl (C=O) groups is 2. The average Bonchev–Trinajstić information content (AvgIpc) is 2.74. The Balaban J connectivity index is 2.24. The van der Waals surface area contributed by atoms with Gasteiger partial charge in [0.2, 0.25) is 0 Å². The van der Waals surface area contributed by atoms with Gasteiger partial charge < -0.3 is 24.8 Å². The van der Waals surface area contributed by atoms with Crippen molar-refractivity contribution in [1.29, 1.82) is 0 Å². The minimum absolute atomic E-state index is 0.210. The Labute approximate surface area is 169 Å². The van der Waals surface area contributed by atoms with Crippen LogP contribution in [0.1, 0.15) is 31.0 Å². The lowest BCUT2D eigenvalue weighted by atomic mass is 9.92. The molecule has 2 amide bonds. The molecule has 1 unspecified atom stereocenters. The van der Waals surface area contributed by atoms with Crippen molar-refractivity contribution >= 4 is 17.7 Å². The highest BCUT2D eigenvalue weighted by atomic mass is 16.5. The summed E-state index contributed by atoms with van der Waals surface area (Å²) < 4.78 is 16.5. The zero-order chi connectivity index (χ0) is 20.8. The van der Waals surface area contributed by atoms with Crippen LogP contribution in [-0.4, -0.2) is 32.3 Å². The molecular weight excluding hydrogens is 372 g/mol. The van der Waals surface area contributed by atoms with Gasteiger partial charge in [0.1, 0.15) is 0 Å². The molecule has 2 aromatic rings. The number of esters is 1. The predicted molar refractivity (Wildman–Crippen MR) is 109 cm³/mol. The third kappa shape index (κ3) is 4.18. The van der Waals surface area contributed by atoms with Crippen LogP contribution in [0.25, 0.3) is 5.70 Å². The molecule has 7 heteroatoms. The van der Waals surface area contributed by atoms with Gasteiger partial charge in [-0.05, 0) is 25.5 Å². The van der Waals surface area contributed by atoms with Crippen molar-refractivity contribution in [3.8, 4) is 11.5 Å². The number of urea groups is 1. The third-order valence-corrected chi connectivity index (χ3v) is 4.46. The van der Waals surface area contributed by atoms with E-state index < -0.39 is 18.0 Å². The molecule has 7 nitrogen and oxygen atoms in total. The lowest BCUT2D eigenvalue weighted by Crippen LogP contribution is -2.45. The number of benzene rings is 2. The van der Waals surface area contributed by atoms with Crippen molar-refractivity contribution in [2.75, 3.05) is 20.3 Å². The Hall–Kier alpha value is -3.48. The first-order chi connectivity index (χ1) is 14.1. The summed E-state index contributed by atoms with van der Waals surface area (Å²) in [5.41, 5.74) is 2.02. The fourth-order valence-corrected chi connectivity index (χ4v) is 3.28. The summed E-state index contributed by atoms with van der Waals surface area (Å²) in [5, 5.41) is 5.59. The molecule has 1 aliphatic rings. The van der Waals surface area contributed by atoms with Gasteiger partial charge in [0.05, 0.1) is 37.6 Å². The maximum Gasteiger partial charge on any atom is 0.338 e. The molecule has 1 heterocycles. The van der Waals surface area contributed by atoms with Crippen molar-refractivity contribution in [1.82, 2.24) is 10.6 Å². The molecule has 3 rings (SSSR count). The van der Waals surface area contributed by atoms with Gasteiger partial charge in [-0.1, -0.05) is 42.5 Å². The number of ether oxygens (including phenoxy) is 3. The summed E-state index contributed by atoms with van der Waals surface area (Å²) in [7, 11) is 1.54. The lowest BCUT2D eigenvalue weighted by Gasteiger charge is -2.30. The van der Waals surface area contributed by atoms with E-state index in [1.807, 2.05) is 37.3 Å². The normalized spacial score (nSPS) is 16.0. The van der Waals surface area contributed by atoms with E-state index in [-0.39, 0.29) is 6.61 Å². The van der Waals surface area contributed by atoms with Crippen molar-refractivity contribution in [3.63, 3.8) is 0 Å². The van der Waals surface area contributed by atoms with Crippen LogP contribution in [0, 0.1) is 0 Å². The Morgan fingerprint density at radius 1 is 1.03 bits per heavy atom. The van der Waals surface area contributed by atoms with Crippen LogP contribution in [0.2, 0.25) is 0 Å². The number of methoxy groups -OCH3 is 1. The number of hydrogen-bond acceptors (Lipinski definition) is 5. The number of para-hydroxylation sites is 1. The predicted octanol–water partition coefficient (Wildman–Crippen LogP) is 3.42. The zero-order valence-corrected chi connectivity index (χ0v) is 16.7. The van der Waals surface area contributed by atoms with E-state index in [4.69, 9.17) is 14.2 Å². The van der Waals surface area contributed by atoms with Gasteiger partial charge in [0.25, 0.3) is 0 Å². The molecule has 0 saturated carbocycles. The first kappa shape index (κ1) is 20.3. The van der Waals surface area contributed by atoms with Crippen molar-refractivity contribution in [2.24, 2.45) is 0 Å². The van der Waals surface area contributed by atoms with Gasteiger partial charge in [0, 0.05) is 5.56 Å². The minimum atomic E-state index is -0.769. The zero-order valence-electron chi connectivity index (χ0n) is 16.7. The smallest absolute Gasteiger partial charge is 0.338 e. The second-order valence-electron chi connectivity index (χ2n) is 6.22. The lowest BCUT2D eigenvalue weighted by molar-refractivity contribution is -0.138. The molecule has 1 aliphatic heterocycles. The number of hydrogen-bond donors (Lipinski definition) is 2. The molecule has 0 aliphatic carbocycles. The van der Waals surface area contributed by atoms with Crippen LogP contribution in [-0.2, 0) is 9.53 Å². The summed E-state index contributed by atoms with van der Waals surface area (Å²) in [6.07, 6.45) is 0. The highest BCUT2D eigenvalue weighted by Gasteiger charge is 2.36. The van der Waals surface area contributed by atoms with Crippen molar-refractivity contribution < 1.29 is 23.8 Å². The molecule has 0 radical (unpaired) electrons. The molecule has 0 aromatic heterocycles. The quantitative estimate of drug-likeness (QED) is 0.701. The SMILES string of the molecule is CCOC(=O)C1=C(c2ccccc2)NC(=O)NC1c1cccc(OC)c1OCC. The summed E-state index contributed by atoms with van der Waals surface area (Å²) >= 11 is 0. The Bertz CT molecular complexity index is 924. The van der Waals surface area contributed by atoms with E-state index in [1.54, 1.807) is 32.2 Å². The molecule has 152 valence electrons. The standard InChI is InChI=1S/C22H24N2O5/c1-4-28-20-15(12-9-13-16(20)27-3)19-17(21(25)29-5-2)18(23-22(26)24-19)14-10-7-6-8-11-14/h6-13,19H,4-5H2,1-3H3,(H2,23,24,26). The van der Waals surface area contributed by atoms with E-state index >= 15 is 0 Å². The van der Waals surface area contributed by atoms with Crippen molar-refractivity contribution in [2.45, 2.75) is 19.9 Å². The van der Waals surface area contributed by atoms with Crippen LogP contribution in [0.5, 0.6) is 11.5 Å². The molecule has 29 heavy (non-hydrogen) atoms. The number of rotatable bonds is 7.